The summed E-state index contributed by atoms with van der Waals surface area (Å²) in [5.41, 5.74) is 7.25. The van der Waals surface area contributed by atoms with E-state index < -0.39 is 10.0 Å². The maximum Gasteiger partial charge on any atom is 0.241 e. The van der Waals surface area contributed by atoms with Gasteiger partial charge >= 0.3 is 0 Å². The average Bonchev–Trinajstić information content (AvgIpc) is 2.68. The molecular formula is C15H24N2O2S. The van der Waals surface area contributed by atoms with Crippen LogP contribution in [0, 0.1) is 5.41 Å². The van der Waals surface area contributed by atoms with Gasteiger partial charge in [0.1, 0.15) is 0 Å². The predicted molar refractivity (Wildman–Crippen MR) is 82.0 cm³/mol. The van der Waals surface area contributed by atoms with Gasteiger partial charge in [-0.15, -0.1) is 0 Å². The van der Waals surface area contributed by atoms with Gasteiger partial charge < -0.3 is 5.73 Å². The lowest BCUT2D eigenvalue weighted by Crippen LogP contribution is -2.34. The van der Waals surface area contributed by atoms with Crippen LogP contribution < -0.4 is 10.5 Å². The summed E-state index contributed by atoms with van der Waals surface area (Å²) in [6.07, 6.45) is 3.51. The third-order valence-corrected chi connectivity index (χ3v) is 5.65. The minimum atomic E-state index is -3.49. The summed E-state index contributed by atoms with van der Waals surface area (Å²) in [5, 5.41) is 0. The fraction of sp³-hybridized carbons (Fsp3) is 0.600. The van der Waals surface area contributed by atoms with Crippen LogP contribution in [0.2, 0.25) is 0 Å². The first kappa shape index (κ1) is 15.3. The van der Waals surface area contributed by atoms with Crippen molar-refractivity contribution in [2.75, 3.05) is 5.73 Å². The minimum Gasteiger partial charge on any atom is -0.399 e. The highest BCUT2D eigenvalue weighted by Crippen LogP contribution is 2.37. The third-order valence-electron chi connectivity index (χ3n) is 4.05. The zero-order valence-corrected chi connectivity index (χ0v) is 13.3. The molecule has 4 nitrogen and oxygen atoms in total. The van der Waals surface area contributed by atoms with E-state index in [9.17, 15) is 8.42 Å². The van der Waals surface area contributed by atoms with Gasteiger partial charge in [-0.05, 0) is 48.8 Å². The quantitative estimate of drug-likeness (QED) is 0.839. The Morgan fingerprint density at radius 3 is 2.65 bits per heavy atom. The first-order valence-electron chi connectivity index (χ1n) is 7.14. The summed E-state index contributed by atoms with van der Waals surface area (Å²) in [7, 11) is -3.49. The van der Waals surface area contributed by atoms with Gasteiger partial charge in [0.15, 0.2) is 0 Å². The number of hydrogen-bond donors (Lipinski definition) is 2. The smallest absolute Gasteiger partial charge is 0.241 e. The molecular weight excluding hydrogens is 272 g/mol. The molecule has 0 aliphatic heterocycles. The van der Waals surface area contributed by atoms with E-state index in [1.165, 1.54) is 0 Å². The van der Waals surface area contributed by atoms with Gasteiger partial charge in [-0.2, -0.15) is 0 Å². The summed E-state index contributed by atoms with van der Waals surface area (Å²) in [6.45, 7) is 6.31. The molecule has 2 rings (SSSR count). The highest BCUT2D eigenvalue weighted by molar-refractivity contribution is 7.89. The van der Waals surface area contributed by atoms with E-state index in [1.54, 1.807) is 18.2 Å². The number of sulfonamides is 1. The third kappa shape index (κ3) is 3.33. The van der Waals surface area contributed by atoms with E-state index in [2.05, 4.69) is 18.6 Å². The molecule has 1 unspecified atom stereocenters. The molecule has 1 aromatic carbocycles. The molecule has 1 fully saturated rings. The van der Waals surface area contributed by atoms with Crippen molar-refractivity contribution in [3.63, 3.8) is 0 Å². The van der Waals surface area contributed by atoms with Gasteiger partial charge in [0, 0.05) is 11.7 Å². The van der Waals surface area contributed by atoms with Crippen LogP contribution >= 0.6 is 0 Å². The largest absolute Gasteiger partial charge is 0.399 e. The molecule has 0 radical (unpaired) electrons. The molecule has 1 aliphatic carbocycles. The molecule has 0 saturated heterocycles. The fourth-order valence-electron chi connectivity index (χ4n) is 2.93. The minimum absolute atomic E-state index is 0.0288. The Morgan fingerprint density at radius 2 is 2.10 bits per heavy atom. The van der Waals surface area contributed by atoms with Crippen molar-refractivity contribution in [1.82, 2.24) is 4.72 Å². The number of anilines is 1. The van der Waals surface area contributed by atoms with Crippen molar-refractivity contribution < 1.29 is 8.42 Å². The second-order valence-electron chi connectivity index (χ2n) is 6.45. The first-order valence-corrected chi connectivity index (χ1v) is 8.62. The lowest BCUT2D eigenvalue weighted by molar-refractivity contribution is 0.372. The van der Waals surface area contributed by atoms with Crippen molar-refractivity contribution in [1.29, 1.82) is 0 Å². The highest BCUT2D eigenvalue weighted by Gasteiger charge is 2.33. The predicted octanol–water partition coefficient (Wildman–Crippen LogP) is 2.69. The molecule has 1 saturated carbocycles. The fourth-order valence-corrected chi connectivity index (χ4v) is 4.55. The van der Waals surface area contributed by atoms with Gasteiger partial charge in [0.25, 0.3) is 0 Å². The van der Waals surface area contributed by atoms with Crippen LogP contribution in [0.4, 0.5) is 5.69 Å². The van der Waals surface area contributed by atoms with E-state index in [0.29, 0.717) is 17.0 Å². The lowest BCUT2D eigenvalue weighted by Gasteiger charge is -2.19. The number of rotatable bonds is 4. The molecule has 1 atom stereocenters. The van der Waals surface area contributed by atoms with Crippen molar-refractivity contribution in [2.24, 2.45) is 5.41 Å². The summed E-state index contributed by atoms with van der Waals surface area (Å²) < 4.78 is 28.0. The molecule has 0 heterocycles. The van der Waals surface area contributed by atoms with Crippen LogP contribution in [0.15, 0.2) is 23.1 Å². The van der Waals surface area contributed by atoms with Crippen molar-refractivity contribution in [3.05, 3.63) is 23.8 Å². The number of nitrogen functional groups attached to an aromatic ring is 1. The molecule has 1 aliphatic rings. The molecule has 0 aromatic heterocycles. The summed E-state index contributed by atoms with van der Waals surface area (Å²) in [5.74, 6) is 0. The molecule has 1 aromatic rings. The van der Waals surface area contributed by atoms with Crippen molar-refractivity contribution in [3.8, 4) is 0 Å². The number of hydrogen-bond acceptors (Lipinski definition) is 3. The number of nitrogens with two attached hydrogens (primary N) is 1. The van der Waals surface area contributed by atoms with Crippen LogP contribution in [-0.4, -0.2) is 14.5 Å². The molecule has 0 bridgehead atoms. The highest BCUT2D eigenvalue weighted by atomic mass is 32.2. The normalized spacial score (nSPS) is 22.1. The van der Waals surface area contributed by atoms with Crippen LogP contribution in [0.3, 0.4) is 0 Å². The van der Waals surface area contributed by atoms with E-state index >= 15 is 0 Å². The molecule has 5 heteroatoms. The van der Waals surface area contributed by atoms with Gasteiger partial charge in [-0.3, -0.25) is 0 Å². The Bertz CT molecular complexity index is 594. The second kappa shape index (κ2) is 5.37. The summed E-state index contributed by atoms with van der Waals surface area (Å²) >= 11 is 0. The van der Waals surface area contributed by atoms with Gasteiger partial charge in [-0.1, -0.05) is 26.8 Å². The Hall–Kier alpha value is -1.07. The van der Waals surface area contributed by atoms with E-state index in [-0.39, 0.29) is 11.5 Å². The summed E-state index contributed by atoms with van der Waals surface area (Å²) in [4.78, 5) is 0.324. The van der Waals surface area contributed by atoms with Crippen LogP contribution in [0.1, 0.15) is 45.6 Å². The van der Waals surface area contributed by atoms with Crippen LogP contribution in [0.5, 0.6) is 0 Å². The van der Waals surface area contributed by atoms with Crippen LogP contribution in [0.25, 0.3) is 0 Å². The maximum absolute atomic E-state index is 12.6. The standard InChI is InChI=1S/C15H24N2O2S/c1-4-11-5-6-12(16)9-14(11)20(18,19)17-13-7-8-15(2,3)10-13/h5-6,9,13,17H,4,7-8,10,16H2,1-3H3. The Balaban J connectivity index is 2.25. The Morgan fingerprint density at radius 1 is 1.40 bits per heavy atom. The van der Waals surface area contributed by atoms with Crippen molar-refractivity contribution >= 4 is 15.7 Å². The second-order valence-corrected chi connectivity index (χ2v) is 8.13. The zero-order chi connectivity index (χ0) is 15.0. The molecule has 0 spiro atoms. The Kier molecular flexibility index (Phi) is 4.12. The maximum atomic E-state index is 12.6. The zero-order valence-electron chi connectivity index (χ0n) is 12.4. The number of benzene rings is 1. The number of aryl methyl sites for hydroxylation is 1. The molecule has 3 N–H and O–H groups in total. The lowest BCUT2D eigenvalue weighted by atomic mass is 9.92. The van der Waals surface area contributed by atoms with Gasteiger partial charge in [0.2, 0.25) is 10.0 Å². The van der Waals surface area contributed by atoms with Gasteiger partial charge in [0.05, 0.1) is 4.90 Å². The molecule has 0 amide bonds. The number of nitrogens with one attached hydrogen (secondary N) is 1. The Labute approximate surface area is 121 Å². The van der Waals surface area contributed by atoms with E-state index in [1.807, 2.05) is 6.92 Å². The van der Waals surface area contributed by atoms with E-state index in [4.69, 9.17) is 5.73 Å². The SMILES string of the molecule is CCc1ccc(N)cc1S(=O)(=O)NC1CCC(C)(C)C1. The molecule has 20 heavy (non-hydrogen) atoms. The molecule has 112 valence electrons. The average molecular weight is 296 g/mol. The first-order chi connectivity index (χ1) is 9.23. The van der Waals surface area contributed by atoms with Crippen molar-refractivity contribution in [2.45, 2.75) is 57.4 Å². The van der Waals surface area contributed by atoms with E-state index in [0.717, 1.165) is 24.8 Å². The monoisotopic (exact) mass is 296 g/mol. The topological polar surface area (TPSA) is 72.2 Å². The van der Waals surface area contributed by atoms with Gasteiger partial charge in [-0.25, -0.2) is 13.1 Å². The summed E-state index contributed by atoms with van der Waals surface area (Å²) in [6, 6.07) is 5.13. The van der Waals surface area contributed by atoms with Crippen LogP contribution in [-0.2, 0) is 16.4 Å².